The van der Waals surface area contributed by atoms with Gasteiger partial charge in [-0.1, -0.05) is 212 Å². The van der Waals surface area contributed by atoms with E-state index in [9.17, 15) is 0 Å². The Bertz CT molecular complexity index is 3660. The minimum Gasteiger partial charge on any atom is -0.455 e. The molecule has 0 atom stereocenters. The predicted octanol–water partition coefficient (Wildman–Crippen LogP) is 18.2. The van der Waals surface area contributed by atoms with Crippen molar-refractivity contribution >= 4 is 49.6 Å². The summed E-state index contributed by atoms with van der Waals surface area (Å²) >= 11 is 0. The number of hydrogen-bond donors (Lipinski definition) is 0. The van der Waals surface area contributed by atoms with E-state index in [1.165, 1.54) is 43.8 Å². The molecule has 66 heavy (non-hydrogen) atoms. The Morgan fingerprint density at radius 3 is 1.42 bits per heavy atom. The molecule has 0 unspecified atom stereocenters. The number of para-hydroxylation sites is 1. The fourth-order valence-electron chi connectivity index (χ4n) is 9.62. The fourth-order valence-corrected chi connectivity index (χ4v) is 9.62. The highest BCUT2D eigenvalue weighted by Crippen LogP contribution is 2.43. The first-order chi connectivity index (χ1) is 32.7. The maximum atomic E-state index is 6.56. The lowest BCUT2D eigenvalue weighted by molar-refractivity contribution is 0.632. The Labute approximate surface area is 384 Å². The molecule has 1 heterocycles. The Morgan fingerprint density at radius 2 is 0.727 bits per heavy atom. The van der Waals surface area contributed by atoms with Crippen molar-refractivity contribution in [2.24, 2.45) is 0 Å². The normalized spacial score (nSPS) is 11.3. The van der Waals surface area contributed by atoms with Gasteiger partial charge in [0.25, 0.3) is 0 Å². The van der Waals surface area contributed by atoms with Crippen LogP contribution in [-0.2, 0) is 0 Å². The summed E-state index contributed by atoms with van der Waals surface area (Å²) in [6.07, 6.45) is 0. The number of rotatable bonds is 9. The van der Waals surface area contributed by atoms with Gasteiger partial charge in [0.2, 0.25) is 0 Å². The van der Waals surface area contributed by atoms with Gasteiger partial charge in [0, 0.05) is 33.6 Å². The molecule has 310 valence electrons. The monoisotopic (exact) mass is 841 g/mol. The molecule has 0 saturated heterocycles. The van der Waals surface area contributed by atoms with E-state index >= 15 is 0 Å². The summed E-state index contributed by atoms with van der Waals surface area (Å²) in [5, 5.41) is 6.09. The molecule has 0 aliphatic rings. The highest BCUT2D eigenvalue weighted by molar-refractivity contribution is 6.09. The van der Waals surface area contributed by atoms with Gasteiger partial charge in [0.15, 0.2) is 0 Å². The van der Waals surface area contributed by atoms with Gasteiger partial charge >= 0.3 is 0 Å². The zero-order valence-electron chi connectivity index (χ0n) is 36.2. The molecule has 11 aromatic carbocycles. The Balaban J connectivity index is 0.874. The van der Waals surface area contributed by atoms with Gasteiger partial charge in [-0.2, -0.15) is 0 Å². The van der Waals surface area contributed by atoms with Crippen LogP contribution in [-0.4, -0.2) is 0 Å². The van der Waals surface area contributed by atoms with Gasteiger partial charge < -0.3 is 9.32 Å². The molecule has 2 nitrogen and oxygen atoms in total. The van der Waals surface area contributed by atoms with Crippen LogP contribution in [0.3, 0.4) is 0 Å². The van der Waals surface area contributed by atoms with Crippen LogP contribution >= 0.6 is 0 Å². The summed E-state index contributed by atoms with van der Waals surface area (Å²) in [5.74, 6) is 0.886. The van der Waals surface area contributed by atoms with Crippen molar-refractivity contribution in [3.05, 3.63) is 261 Å². The Morgan fingerprint density at radius 1 is 0.258 bits per heavy atom. The number of hydrogen-bond acceptors (Lipinski definition) is 2. The number of benzene rings is 11. The summed E-state index contributed by atoms with van der Waals surface area (Å²) in [6, 6.07) is 93.7. The van der Waals surface area contributed by atoms with Crippen LogP contribution < -0.4 is 4.90 Å². The number of anilines is 3. The SMILES string of the molecule is c1ccc(-c2ccccc2-c2ccc(N(c3ccc(-c4ccc(-c5cccc(-c6oc7ccccc7c6-c6ccccc6)c5)cc4)cc3)c3ccc4c(ccc5ccccc54)c3)cc2)cc1. The van der Waals surface area contributed by atoms with E-state index in [0.29, 0.717) is 0 Å². The minimum absolute atomic E-state index is 0.886. The van der Waals surface area contributed by atoms with Gasteiger partial charge in [0.05, 0.1) is 0 Å². The molecule has 0 radical (unpaired) electrons. The lowest BCUT2D eigenvalue weighted by atomic mass is 9.94. The molecule has 1 aromatic heterocycles. The van der Waals surface area contributed by atoms with E-state index in [4.69, 9.17) is 4.42 Å². The van der Waals surface area contributed by atoms with E-state index in [2.05, 4.69) is 254 Å². The van der Waals surface area contributed by atoms with Gasteiger partial charge in [0.1, 0.15) is 11.3 Å². The van der Waals surface area contributed by atoms with E-state index < -0.39 is 0 Å². The summed E-state index contributed by atoms with van der Waals surface area (Å²) in [5.41, 5.74) is 16.9. The number of furan rings is 1. The fraction of sp³-hybridized carbons (Fsp3) is 0. The maximum absolute atomic E-state index is 6.56. The Kier molecular flexibility index (Phi) is 9.89. The van der Waals surface area contributed by atoms with Gasteiger partial charge in [-0.15, -0.1) is 0 Å². The molecule has 0 fully saturated rings. The van der Waals surface area contributed by atoms with Crippen molar-refractivity contribution in [1.82, 2.24) is 0 Å². The largest absolute Gasteiger partial charge is 0.455 e. The van der Waals surface area contributed by atoms with Crippen LogP contribution in [0.5, 0.6) is 0 Å². The zero-order valence-corrected chi connectivity index (χ0v) is 36.2. The Hall–Kier alpha value is -8.72. The zero-order chi connectivity index (χ0) is 43.8. The van der Waals surface area contributed by atoms with Crippen LogP contribution in [0.4, 0.5) is 17.1 Å². The average molecular weight is 842 g/mol. The smallest absolute Gasteiger partial charge is 0.143 e. The lowest BCUT2D eigenvalue weighted by Crippen LogP contribution is -2.09. The molecule has 0 N–H and O–H groups in total. The third-order valence-corrected chi connectivity index (χ3v) is 12.9. The van der Waals surface area contributed by atoms with Crippen LogP contribution in [0.1, 0.15) is 0 Å². The molecular formula is C64H43NO. The average Bonchev–Trinajstić information content (AvgIpc) is 3.80. The molecule has 0 bridgehead atoms. The predicted molar refractivity (Wildman–Crippen MR) is 279 cm³/mol. The second-order valence-electron chi connectivity index (χ2n) is 16.9. The van der Waals surface area contributed by atoms with Crippen molar-refractivity contribution in [3.8, 4) is 67.0 Å². The third kappa shape index (κ3) is 7.21. The molecule has 2 heteroatoms. The van der Waals surface area contributed by atoms with Crippen LogP contribution in [0.25, 0.3) is 99.5 Å². The third-order valence-electron chi connectivity index (χ3n) is 12.9. The highest BCUT2D eigenvalue weighted by atomic mass is 16.3. The minimum atomic E-state index is 0.886. The summed E-state index contributed by atoms with van der Waals surface area (Å²) < 4.78 is 6.56. The molecule has 12 aromatic rings. The first-order valence-electron chi connectivity index (χ1n) is 22.6. The molecule has 0 spiro atoms. The molecule has 0 amide bonds. The first-order valence-corrected chi connectivity index (χ1v) is 22.6. The quantitative estimate of drug-likeness (QED) is 0.135. The molecular weight excluding hydrogens is 799 g/mol. The van der Waals surface area contributed by atoms with Crippen molar-refractivity contribution in [3.63, 3.8) is 0 Å². The first kappa shape index (κ1) is 38.9. The van der Waals surface area contributed by atoms with Gasteiger partial charge in [-0.25, -0.2) is 0 Å². The van der Waals surface area contributed by atoms with Crippen molar-refractivity contribution < 1.29 is 4.42 Å². The van der Waals surface area contributed by atoms with Gasteiger partial charge in [-0.3, -0.25) is 0 Å². The molecule has 0 aliphatic carbocycles. The number of nitrogens with zero attached hydrogens (tertiary/aromatic N) is 1. The summed E-state index contributed by atoms with van der Waals surface area (Å²) in [4.78, 5) is 2.37. The van der Waals surface area contributed by atoms with Crippen LogP contribution in [0, 0.1) is 0 Å². The van der Waals surface area contributed by atoms with Crippen LogP contribution in [0.15, 0.2) is 265 Å². The topological polar surface area (TPSA) is 16.4 Å². The molecule has 12 rings (SSSR count). The standard InChI is InChI=1S/C64H43NO/c1-3-14-47(15-4-1)57-22-9-10-23-59(57)49-34-38-55(39-35-49)65(56-40-41-60-52(43-56)31-30-48-16-7-8-21-58(48)60)54-36-32-45(33-37-54)44-26-28-46(29-27-44)51-19-13-20-53(42-51)64-63(50-17-5-2-6-18-50)61-24-11-12-25-62(61)66-64/h1-43H. The highest BCUT2D eigenvalue weighted by Gasteiger charge is 2.19. The lowest BCUT2D eigenvalue weighted by Gasteiger charge is -2.26. The second-order valence-corrected chi connectivity index (χ2v) is 16.9. The molecule has 0 saturated carbocycles. The maximum Gasteiger partial charge on any atom is 0.143 e. The van der Waals surface area contributed by atoms with E-state index in [0.717, 1.165) is 72.7 Å². The van der Waals surface area contributed by atoms with E-state index in [1.54, 1.807) is 0 Å². The number of fused-ring (bicyclic) bond motifs is 4. The van der Waals surface area contributed by atoms with Crippen LogP contribution in [0.2, 0.25) is 0 Å². The molecule has 0 aliphatic heterocycles. The summed E-state index contributed by atoms with van der Waals surface area (Å²) in [6.45, 7) is 0. The van der Waals surface area contributed by atoms with Gasteiger partial charge in [-0.05, 0) is 120 Å². The van der Waals surface area contributed by atoms with Crippen molar-refractivity contribution in [1.29, 1.82) is 0 Å². The van der Waals surface area contributed by atoms with Crippen molar-refractivity contribution in [2.45, 2.75) is 0 Å². The van der Waals surface area contributed by atoms with Crippen molar-refractivity contribution in [2.75, 3.05) is 4.90 Å². The van der Waals surface area contributed by atoms with E-state index in [-0.39, 0.29) is 0 Å². The second kappa shape index (κ2) is 16.8. The van der Waals surface area contributed by atoms with E-state index in [1.807, 2.05) is 12.1 Å². The summed E-state index contributed by atoms with van der Waals surface area (Å²) in [7, 11) is 0.